The number of rotatable bonds is 5. The number of amides is 1. The number of hydrogen-bond acceptors (Lipinski definition) is 5. The SMILES string of the molecule is CC.CONC(=O)c1c(Nc2ccc(C)cc2F)sc(C(C)=O)c1C. The van der Waals surface area contributed by atoms with Crippen LogP contribution >= 0.6 is 11.3 Å². The van der Waals surface area contributed by atoms with Crippen LogP contribution in [0.2, 0.25) is 0 Å². The molecule has 7 heteroatoms. The Hall–Kier alpha value is -2.25. The van der Waals surface area contributed by atoms with Crippen LogP contribution in [0.3, 0.4) is 0 Å². The van der Waals surface area contributed by atoms with Crippen LogP contribution in [-0.4, -0.2) is 18.8 Å². The van der Waals surface area contributed by atoms with Gasteiger partial charge in [-0.15, -0.1) is 11.3 Å². The molecule has 0 unspecified atom stereocenters. The standard InChI is InChI=1S/C16H17FN2O3S.C2H6/c1-8-5-6-12(11(17)7-8)18-16-13(15(21)19-22-4)9(2)14(23-16)10(3)20;1-2/h5-7,18H,1-4H3,(H,19,21);1-2H3. The molecular weight excluding hydrogens is 343 g/mol. The number of carbonyl (C=O) groups excluding carboxylic acids is 2. The van der Waals surface area contributed by atoms with Crippen molar-refractivity contribution in [2.24, 2.45) is 0 Å². The zero-order chi connectivity index (χ0) is 19.1. The summed E-state index contributed by atoms with van der Waals surface area (Å²) in [5.74, 6) is -1.08. The lowest BCUT2D eigenvalue weighted by atomic mass is 10.1. The average molecular weight is 366 g/mol. The summed E-state index contributed by atoms with van der Waals surface area (Å²) in [4.78, 5) is 29.0. The summed E-state index contributed by atoms with van der Waals surface area (Å²) in [5, 5.41) is 3.29. The lowest BCUT2D eigenvalue weighted by Gasteiger charge is -2.09. The van der Waals surface area contributed by atoms with Crippen molar-refractivity contribution >= 4 is 33.7 Å². The molecule has 0 saturated carbocycles. The minimum Gasteiger partial charge on any atom is -0.344 e. The second-order valence-electron chi connectivity index (χ2n) is 5.06. The number of carbonyl (C=O) groups is 2. The van der Waals surface area contributed by atoms with Gasteiger partial charge in [-0.2, -0.15) is 0 Å². The number of ketones is 1. The molecule has 136 valence electrons. The second-order valence-corrected chi connectivity index (χ2v) is 6.08. The maximum absolute atomic E-state index is 14.0. The summed E-state index contributed by atoms with van der Waals surface area (Å²) in [7, 11) is 1.32. The van der Waals surface area contributed by atoms with Crippen molar-refractivity contribution < 1.29 is 18.8 Å². The van der Waals surface area contributed by atoms with E-state index < -0.39 is 11.7 Å². The molecule has 0 saturated heterocycles. The minimum absolute atomic E-state index is 0.156. The molecule has 1 aromatic carbocycles. The fraction of sp³-hybridized carbons (Fsp3) is 0.333. The summed E-state index contributed by atoms with van der Waals surface area (Å²) in [6.07, 6.45) is 0. The number of hydrogen-bond donors (Lipinski definition) is 2. The predicted molar refractivity (Wildman–Crippen MR) is 99.3 cm³/mol. The van der Waals surface area contributed by atoms with Crippen LogP contribution in [0.15, 0.2) is 18.2 Å². The Morgan fingerprint density at radius 1 is 1.20 bits per heavy atom. The smallest absolute Gasteiger partial charge is 0.278 e. The molecule has 0 bridgehead atoms. The lowest BCUT2D eigenvalue weighted by Crippen LogP contribution is -2.23. The number of benzene rings is 1. The highest BCUT2D eigenvalue weighted by molar-refractivity contribution is 7.18. The summed E-state index contributed by atoms with van der Waals surface area (Å²) in [6, 6.07) is 4.74. The Kier molecular flexibility index (Phi) is 7.73. The molecule has 5 nitrogen and oxygen atoms in total. The first kappa shape index (κ1) is 20.8. The molecule has 1 amide bonds. The van der Waals surface area contributed by atoms with Gasteiger partial charge in [-0.05, 0) is 44.0 Å². The van der Waals surface area contributed by atoms with Crippen molar-refractivity contribution in [2.75, 3.05) is 12.4 Å². The van der Waals surface area contributed by atoms with E-state index in [-0.39, 0.29) is 17.0 Å². The van der Waals surface area contributed by atoms with Crippen molar-refractivity contribution in [2.45, 2.75) is 34.6 Å². The molecule has 2 rings (SSSR count). The third-order valence-electron chi connectivity index (χ3n) is 3.26. The highest BCUT2D eigenvalue weighted by atomic mass is 32.1. The molecule has 0 aliphatic heterocycles. The van der Waals surface area contributed by atoms with Crippen molar-refractivity contribution in [3.05, 3.63) is 45.6 Å². The lowest BCUT2D eigenvalue weighted by molar-refractivity contribution is 0.0538. The number of anilines is 2. The monoisotopic (exact) mass is 366 g/mol. The van der Waals surface area contributed by atoms with Gasteiger partial charge in [-0.3, -0.25) is 14.4 Å². The van der Waals surface area contributed by atoms with Crippen LogP contribution in [0.1, 0.15) is 51.9 Å². The van der Waals surface area contributed by atoms with E-state index >= 15 is 0 Å². The van der Waals surface area contributed by atoms with Crippen molar-refractivity contribution in [1.82, 2.24) is 5.48 Å². The van der Waals surface area contributed by atoms with Gasteiger partial charge in [-0.1, -0.05) is 19.9 Å². The average Bonchev–Trinajstić information content (AvgIpc) is 2.89. The highest BCUT2D eigenvalue weighted by Gasteiger charge is 2.23. The third-order valence-corrected chi connectivity index (χ3v) is 4.57. The Labute approximate surface area is 151 Å². The van der Waals surface area contributed by atoms with Crippen LogP contribution in [-0.2, 0) is 4.84 Å². The van der Waals surface area contributed by atoms with Crippen LogP contribution in [0.25, 0.3) is 0 Å². The number of Topliss-reactive ketones (excluding diaryl/α,β-unsaturated/α-hetero) is 1. The van der Waals surface area contributed by atoms with E-state index in [9.17, 15) is 14.0 Å². The summed E-state index contributed by atoms with van der Waals surface area (Å²) >= 11 is 1.11. The van der Waals surface area contributed by atoms with Crippen LogP contribution in [0.5, 0.6) is 0 Å². The van der Waals surface area contributed by atoms with E-state index in [4.69, 9.17) is 0 Å². The molecule has 2 N–H and O–H groups in total. The van der Waals surface area contributed by atoms with Crippen molar-refractivity contribution in [3.8, 4) is 0 Å². The highest BCUT2D eigenvalue weighted by Crippen LogP contribution is 2.36. The van der Waals surface area contributed by atoms with E-state index in [0.717, 1.165) is 16.9 Å². The maximum Gasteiger partial charge on any atom is 0.278 e. The molecule has 2 aromatic rings. The van der Waals surface area contributed by atoms with Gasteiger partial charge in [-0.25, -0.2) is 9.87 Å². The first-order valence-corrected chi connectivity index (χ1v) is 8.67. The number of aryl methyl sites for hydroxylation is 1. The second kappa shape index (κ2) is 9.29. The molecule has 1 heterocycles. The number of thiophene rings is 1. The van der Waals surface area contributed by atoms with E-state index in [1.54, 1.807) is 26.0 Å². The fourth-order valence-electron chi connectivity index (χ4n) is 2.20. The van der Waals surface area contributed by atoms with Gasteiger partial charge in [0.05, 0.1) is 23.2 Å². The van der Waals surface area contributed by atoms with Gasteiger partial charge in [0.1, 0.15) is 10.8 Å². The van der Waals surface area contributed by atoms with Gasteiger partial charge in [0, 0.05) is 0 Å². The zero-order valence-corrected chi connectivity index (χ0v) is 16.1. The number of halogens is 1. The van der Waals surface area contributed by atoms with Crippen LogP contribution in [0.4, 0.5) is 15.1 Å². The molecule has 25 heavy (non-hydrogen) atoms. The summed E-state index contributed by atoms with van der Waals surface area (Å²) in [6.45, 7) is 8.88. The Morgan fingerprint density at radius 3 is 2.36 bits per heavy atom. The molecule has 0 spiro atoms. The number of nitrogens with one attached hydrogen (secondary N) is 2. The Balaban J connectivity index is 0.00000151. The zero-order valence-electron chi connectivity index (χ0n) is 15.2. The summed E-state index contributed by atoms with van der Waals surface area (Å²) in [5.41, 5.74) is 4.05. The summed E-state index contributed by atoms with van der Waals surface area (Å²) < 4.78 is 14.0. The third kappa shape index (κ3) is 4.87. The van der Waals surface area contributed by atoms with Crippen LogP contribution in [0, 0.1) is 19.7 Å². The fourth-order valence-corrected chi connectivity index (χ4v) is 3.31. The first-order valence-electron chi connectivity index (χ1n) is 7.86. The quantitative estimate of drug-likeness (QED) is 0.591. The molecule has 0 fully saturated rings. The van der Waals surface area contributed by atoms with Gasteiger partial charge in [0.25, 0.3) is 5.91 Å². The molecule has 0 atom stereocenters. The molecule has 1 aromatic heterocycles. The van der Waals surface area contributed by atoms with Gasteiger partial charge < -0.3 is 5.32 Å². The largest absolute Gasteiger partial charge is 0.344 e. The number of hydroxylamine groups is 1. The van der Waals surface area contributed by atoms with Crippen LogP contribution < -0.4 is 10.8 Å². The minimum atomic E-state index is -0.497. The van der Waals surface area contributed by atoms with E-state index in [1.165, 1.54) is 20.1 Å². The van der Waals surface area contributed by atoms with Crippen molar-refractivity contribution in [3.63, 3.8) is 0 Å². The predicted octanol–water partition coefficient (Wildman–Crippen LogP) is 4.77. The molecule has 0 radical (unpaired) electrons. The maximum atomic E-state index is 14.0. The van der Waals surface area contributed by atoms with Gasteiger partial charge in [0.15, 0.2) is 5.78 Å². The Morgan fingerprint density at radius 2 is 1.84 bits per heavy atom. The van der Waals surface area contributed by atoms with Gasteiger partial charge >= 0.3 is 0 Å². The van der Waals surface area contributed by atoms with E-state index in [2.05, 4.69) is 15.6 Å². The first-order chi connectivity index (χ1) is 11.8. The normalized spacial score (nSPS) is 9.88. The molecule has 0 aliphatic rings. The Bertz CT molecular complexity index is 772. The van der Waals surface area contributed by atoms with E-state index in [0.29, 0.717) is 15.4 Å². The van der Waals surface area contributed by atoms with E-state index in [1.807, 2.05) is 13.8 Å². The topological polar surface area (TPSA) is 67.4 Å². The van der Waals surface area contributed by atoms with Crippen molar-refractivity contribution in [1.29, 1.82) is 0 Å². The van der Waals surface area contributed by atoms with Gasteiger partial charge in [0.2, 0.25) is 0 Å². The molecule has 0 aliphatic carbocycles. The molecular formula is C18H23FN2O3S.